The predicted octanol–water partition coefficient (Wildman–Crippen LogP) is 5.11. The van der Waals surface area contributed by atoms with E-state index >= 15 is 0 Å². The molecule has 0 nitrogen and oxygen atoms in total. The first kappa shape index (κ1) is 11.4. The molecule has 0 fully saturated rings. The third kappa shape index (κ3) is 2.37. The monoisotopic (exact) mass is 254 g/mol. The predicted molar refractivity (Wildman–Crippen MR) is 66.6 cm³/mol. The first-order valence-corrected chi connectivity index (χ1v) is 5.54. The Morgan fingerprint density at radius 3 is 2.44 bits per heavy atom. The average Bonchev–Trinajstić information content (AvgIpc) is 2.20. The summed E-state index contributed by atoms with van der Waals surface area (Å²) in [4.78, 5) is 0. The SMILES string of the molecule is Cc1cc(F)cc(-c2cc(Cl)ccc2Cl)c1. The van der Waals surface area contributed by atoms with Crippen LogP contribution >= 0.6 is 23.2 Å². The smallest absolute Gasteiger partial charge is 0.124 e. The molecule has 0 N–H and O–H groups in total. The Morgan fingerprint density at radius 2 is 1.75 bits per heavy atom. The highest BCUT2D eigenvalue weighted by molar-refractivity contribution is 6.35. The first-order chi connectivity index (χ1) is 7.56. The molecule has 0 aromatic heterocycles. The van der Waals surface area contributed by atoms with Gasteiger partial charge in [-0.3, -0.25) is 0 Å². The van der Waals surface area contributed by atoms with E-state index in [1.54, 1.807) is 18.2 Å². The van der Waals surface area contributed by atoms with Crippen LogP contribution in [0.25, 0.3) is 11.1 Å². The number of rotatable bonds is 1. The van der Waals surface area contributed by atoms with Crippen molar-refractivity contribution < 1.29 is 4.39 Å². The lowest BCUT2D eigenvalue weighted by Gasteiger charge is -2.06. The maximum Gasteiger partial charge on any atom is 0.124 e. The first-order valence-electron chi connectivity index (χ1n) is 4.79. The lowest BCUT2D eigenvalue weighted by Crippen LogP contribution is -1.84. The number of hydrogen-bond donors (Lipinski definition) is 0. The van der Waals surface area contributed by atoms with Crippen LogP contribution in [0.1, 0.15) is 5.56 Å². The average molecular weight is 255 g/mol. The second kappa shape index (κ2) is 4.44. The van der Waals surface area contributed by atoms with Gasteiger partial charge in [0.25, 0.3) is 0 Å². The van der Waals surface area contributed by atoms with Crippen molar-refractivity contribution in [2.24, 2.45) is 0 Å². The lowest BCUT2D eigenvalue weighted by atomic mass is 10.0. The highest BCUT2D eigenvalue weighted by Gasteiger charge is 2.06. The maximum absolute atomic E-state index is 13.3. The molecule has 2 rings (SSSR count). The quantitative estimate of drug-likeness (QED) is 0.664. The molecule has 0 aliphatic rings. The normalized spacial score (nSPS) is 10.5. The summed E-state index contributed by atoms with van der Waals surface area (Å²) in [5.74, 6) is -0.272. The number of halogens is 3. The van der Waals surface area contributed by atoms with Gasteiger partial charge in [-0.05, 0) is 48.4 Å². The van der Waals surface area contributed by atoms with Crippen LogP contribution in [-0.4, -0.2) is 0 Å². The zero-order valence-electron chi connectivity index (χ0n) is 8.60. The van der Waals surface area contributed by atoms with Gasteiger partial charge in [0.1, 0.15) is 5.82 Å². The summed E-state index contributed by atoms with van der Waals surface area (Å²) < 4.78 is 13.3. The fourth-order valence-electron chi connectivity index (χ4n) is 1.61. The van der Waals surface area contributed by atoms with Gasteiger partial charge in [-0.25, -0.2) is 4.39 Å². The Morgan fingerprint density at radius 1 is 1.00 bits per heavy atom. The minimum Gasteiger partial charge on any atom is -0.207 e. The molecule has 0 heterocycles. The molecule has 0 saturated carbocycles. The summed E-state index contributed by atoms with van der Waals surface area (Å²) in [6, 6.07) is 9.95. The van der Waals surface area contributed by atoms with Crippen molar-refractivity contribution in [1.29, 1.82) is 0 Å². The summed E-state index contributed by atoms with van der Waals surface area (Å²) in [6.07, 6.45) is 0. The van der Waals surface area contributed by atoms with E-state index in [0.29, 0.717) is 10.0 Å². The molecule has 0 aliphatic heterocycles. The summed E-state index contributed by atoms with van der Waals surface area (Å²) in [5, 5.41) is 1.15. The molecule has 0 bridgehead atoms. The van der Waals surface area contributed by atoms with Crippen molar-refractivity contribution in [3.05, 3.63) is 57.8 Å². The van der Waals surface area contributed by atoms with Gasteiger partial charge in [-0.1, -0.05) is 29.3 Å². The van der Waals surface area contributed by atoms with Crippen LogP contribution in [0.3, 0.4) is 0 Å². The fourth-order valence-corrected chi connectivity index (χ4v) is 2.01. The molecular weight excluding hydrogens is 246 g/mol. The topological polar surface area (TPSA) is 0 Å². The zero-order chi connectivity index (χ0) is 11.7. The number of benzene rings is 2. The summed E-state index contributed by atoms with van der Waals surface area (Å²) in [6.45, 7) is 1.84. The summed E-state index contributed by atoms with van der Waals surface area (Å²) in [7, 11) is 0. The summed E-state index contributed by atoms with van der Waals surface area (Å²) >= 11 is 11.9. The van der Waals surface area contributed by atoms with Crippen molar-refractivity contribution in [2.75, 3.05) is 0 Å². The molecule has 2 aromatic rings. The van der Waals surface area contributed by atoms with E-state index in [-0.39, 0.29) is 5.82 Å². The van der Waals surface area contributed by atoms with Crippen LogP contribution in [0.5, 0.6) is 0 Å². The van der Waals surface area contributed by atoms with E-state index in [0.717, 1.165) is 16.7 Å². The van der Waals surface area contributed by atoms with E-state index in [1.165, 1.54) is 12.1 Å². The minimum atomic E-state index is -0.272. The highest BCUT2D eigenvalue weighted by atomic mass is 35.5. The lowest BCUT2D eigenvalue weighted by molar-refractivity contribution is 0.627. The molecule has 0 spiro atoms. The van der Waals surface area contributed by atoms with Crippen LogP contribution in [0, 0.1) is 12.7 Å². The molecular formula is C13H9Cl2F. The largest absolute Gasteiger partial charge is 0.207 e. The Hall–Kier alpha value is -1.05. The molecule has 0 amide bonds. The molecule has 0 unspecified atom stereocenters. The van der Waals surface area contributed by atoms with E-state index in [9.17, 15) is 4.39 Å². The molecule has 0 atom stereocenters. The molecule has 0 radical (unpaired) electrons. The second-order valence-electron chi connectivity index (χ2n) is 3.64. The Kier molecular flexibility index (Phi) is 3.17. The molecule has 0 aliphatic carbocycles. The molecule has 0 saturated heterocycles. The third-order valence-corrected chi connectivity index (χ3v) is 2.85. The summed E-state index contributed by atoms with van der Waals surface area (Å²) in [5.41, 5.74) is 2.34. The van der Waals surface area contributed by atoms with Crippen molar-refractivity contribution in [2.45, 2.75) is 6.92 Å². The van der Waals surface area contributed by atoms with E-state index in [1.807, 2.05) is 13.0 Å². The van der Waals surface area contributed by atoms with E-state index < -0.39 is 0 Å². The van der Waals surface area contributed by atoms with Crippen LogP contribution in [0.15, 0.2) is 36.4 Å². The fraction of sp³-hybridized carbons (Fsp3) is 0.0769. The standard InChI is InChI=1S/C13H9Cl2F/c1-8-4-9(6-11(16)5-8)12-7-10(14)2-3-13(12)15/h2-7H,1H3. The van der Waals surface area contributed by atoms with Gasteiger partial charge in [-0.2, -0.15) is 0 Å². The van der Waals surface area contributed by atoms with Gasteiger partial charge < -0.3 is 0 Å². The van der Waals surface area contributed by atoms with E-state index in [4.69, 9.17) is 23.2 Å². The molecule has 16 heavy (non-hydrogen) atoms. The van der Waals surface area contributed by atoms with Crippen LogP contribution in [0.2, 0.25) is 10.0 Å². The van der Waals surface area contributed by atoms with Gasteiger partial charge in [0.2, 0.25) is 0 Å². The van der Waals surface area contributed by atoms with E-state index in [2.05, 4.69) is 0 Å². The molecule has 3 heteroatoms. The molecule has 2 aromatic carbocycles. The Bertz CT molecular complexity index is 515. The van der Waals surface area contributed by atoms with Crippen molar-refractivity contribution in [3.63, 3.8) is 0 Å². The second-order valence-corrected chi connectivity index (χ2v) is 4.49. The van der Waals surface area contributed by atoms with Crippen LogP contribution in [-0.2, 0) is 0 Å². The Balaban J connectivity index is 2.62. The van der Waals surface area contributed by atoms with Gasteiger partial charge in [0.05, 0.1) is 0 Å². The maximum atomic E-state index is 13.3. The van der Waals surface area contributed by atoms with Gasteiger partial charge in [-0.15, -0.1) is 0 Å². The highest BCUT2D eigenvalue weighted by Crippen LogP contribution is 2.31. The van der Waals surface area contributed by atoms with Gasteiger partial charge >= 0.3 is 0 Å². The van der Waals surface area contributed by atoms with Crippen molar-refractivity contribution >= 4 is 23.2 Å². The van der Waals surface area contributed by atoms with Crippen molar-refractivity contribution in [1.82, 2.24) is 0 Å². The number of aryl methyl sites for hydroxylation is 1. The minimum absolute atomic E-state index is 0.272. The van der Waals surface area contributed by atoms with Gasteiger partial charge in [0.15, 0.2) is 0 Å². The number of hydrogen-bond acceptors (Lipinski definition) is 0. The zero-order valence-corrected chi connectivity index (χ0v) is 10.1. The Labute approximate surface area is 104 Å². The van der Waals surface area contributed by atoms with Crippen molar-refractivity contribution in [3.8, 4) is 11.1 Å². The molecule has 82 valence electrons. The van der Waals surface area contributed by atoms with Gasteiger partial charge in [0, 0.05) is 15.6 Å². The van der Waals surface area contributed by atoms with Crippen LogP contribution in [0.4, 0.5) is 4.39 Å². The van der Waals surface area contributed by atoms with Crippen LogP contribution < -0.4 is 0 Å². The third-order valence-electron chi connectivity index (χ3n) is 2.28.